The molecule has 96 valence electrons. The Bertz CT molecular complexity index is 380. The number of nitrogens with two attached hydrogens (primary N) is 1. The smallest absolute Gasteiger partial charge is 0.265 e. The van der Waals surface area contributed by atoms with Crippen LogP contribution in [0.5, 0.6) is 0 Å². The Morgan fingerprint density at radius 2 is 2.06 bits per heavy atom. The van der Waals surface area contributed by atoms with Gasteiger partial charge in [-0.25, -0.2) is 5.84 Å². The lowest BCUT2D eigenvalue weighted by Crippen LogP contribution is -2.53. The molecule has 17 heavy (non-hydrogen) atoms. The molecule has 0 radical (unpaired) electrons. The van der Waals surface area contributed by atoms with Crippen molar-refractivity contribution in [2.75, 3.05) is 0 Å². The molecular formula is C12H18Cl2N2O. The maximum atomic E-state index is 12.2. The highest BCUT2D eigenvalue weighted by Gasteiger charge is 2.38. The van der Waals surface area contributed by atoms with E-state index in [1.165, 1.54) is 5.01 Å². The van der Waals surface area contributed by atoms with E-state index in [-0.39, 0.29) is 5.91 Å². The van der Waals surface area contributed by atoms with Crippen LogP contribution in [0.3, 0.4) is 0 Å². The van der Waals surface area contributed by atoms with Crippen LogP contribution < -0.4 is 5.84 Å². The molecule has 0 heterocycles. The topological polar surface area (TPSA) is 46.3 Å². The van der Waals surface area contributed by atoms with E-state index in [0.717, 1.165) is 0 Å². The molecule has 0 aromatic heterocycles. The Morgan fingerprint density at radius 1 is 1.53 bits per heavy atom. The first-order chi connectivity index (χ1) is 7.57. The van der Waals surface area contributed by atoms with Crippen LogP contribution in [0.25, 0.3) is 0 Å². The van der Waals surface area contributed by atoms with Crippen LogP contribution in [0.2, 0.25) is 0 Å². The number of carbonyl (C=O) groups excluding carboxylic acids is 1. The minimum absolute atomic E-state index is 0.297. The van der Waals surface area contributed by atoms with Gasteiger partial charge in [0.2, 0.25) is 0 Å². The maximum Gasteiger partial charge on any atom is 0.265 e. The maximum absolute atomic E-state index is 12.2. The number of hydrogen-bond acceptors (Lipinski definition) is 2. The molecule has 1 aliphatic carbocycles. The third kappa shape index (κ3) is 3.03. The van der Waals surface area contributed by atoms with E-state index in [9.17, 15) is 4.79 Å². The number of nitrogens with zero attached hydrogens (tertiary/aromatic N) is 1. The van der Waals surface area contributed by atoms with Gasteiger partial charge in [-0.3, -0.25) is 9.80 Å². The highest BCUT2D eigenvalue weighted by molar-refractivity contribution is 6.36. The van der Waals surface area contributed by atoms with Gasteiger partial charge in [-0.15, -0.1) is 23.2 Å². The Labute approximate surface area is 112 Å². The van der Waals surface area contributed by atoms with Crippen LogP contribution in [0.15, 0.2) is 23.8 Å². The van der Waals surface area contributed by atoms with Gasteiger partial charge in [0.05, 0.1) is 15.8 Å². The van der Waals surface area contributed by atoms with Crippen molar-refractivity contribution in [3.8, 4) is 0 Å². The first-order valence-electron chi connectivity index (χ1n) is 5.39. The number of halogens is 2. The van der Waals surface area contributed by atoms with Crippen LogP contribution in [-0.2, 0) is 4.79 Å². The summed E-state index contributed by atoms with van der Waals surface area (Å²) in [7, 11) is 0. The van der Waals surface area contributed by atoms with Crippen molar-refractivity contribution in [3.63, 3.8) is 0 Å². The number of amides is 1. The molecule has 1 amide bonds. The molecule has 2 unspecified atom stereocenters. The van der Waals surface area contributed by atoms with Gasteiger partial charge in [0, 0.05) is 5.57 Å². The fourth-order valence-electron chi connectivity index (χ4n) is 1.44. The summed E-state index contributed by atoms with van der Waals surface area (Å²) in [6.45, 7) is 7.33. The van der Waals surface area contributed by atoms with Crippen molar-refractivity contribution in [1.29, 1.82) is 0 Å². The second-order valence-electron chi connectivity index (χ2n) is 5.34. The second kappa shape index (κ2) is 4.63. The molecule has 0 fully saturated rings. The zero-order chi connectivity index (χ0) is 13.4. The van der Waals surface area contributed by atoms with Crippen LogP contribution in [0.4, 0.5) is 0 Å². The van der Waals surface area contributed by atoms with Crippen molar-refractivity contribution in [3.05, 3.63) is 23.8 Å². The van der Waals surface area contributed by atoms with E-state index in [2.05, 4.69) is 0 Å². The standard InChI is InChI=1S/C12H18Cl2N2O/c1-11(2,3)16(15)10(17)8-6-5-7-12(4,14)9(8)13/h5-7,9H,15H2,1-4H3. The van der Waals surface area contributed by atoms with E-state index in [4.69, 9.17) is 29.0 Å². The molecular weight excluding hydrogens is 259 g/mol. The fraction of sp³-hybridized carbons (Fsp3) is 0.583. The first-order valence-corrected chi connectivity index (χ1v) is 6.20. The molecule has 0 saturated carbocycles. The molecule has 0 spiro atoms. The lowest BCUT2D eigenvalue weighted by Gasteiger charge is -2.35. The summed E-state index contributed by atoms with van der Waals surface area (Å²) >= 11 is 12.4. The van der Waals surface area contributed by atoms with Crippen molar-refractivity contribution in [1.82, 2.24) is 5.01 Å². The van der Waals surface area contributed by atoms with Crippen molar-refractivity contribution >= 4 is 29.1 Å². The molecule has 1 aliphatic rings. The summed E-state index contributed by atoms with van der Waals surface area (Å²) in [5.74, 6) is 5.50. The number of hydrazine groups is 1. The van der Waals surface area contributed by atoms with Crippen LogP contribution in [0.1, 0.15) is 27.7 Å². The van der Waals surface area contributed by atoms with Gasteiger partial charge < -0.3 is 0 Å². The van der Waals surface area contributed by atoms with Gasteiger partial charge in [-0.2, -0.15) is 0 Å². The molecule has 0 aromatic rings. The summed E-state index contributed by atoms with van der Waals surface area (Å²) < 4.78 is 0. The first kappa shape index (κ1) is 14.6. The van der Waals surface area contributed by atoms with Crippen LogP contribution in [-0.4, -0.2) is 26.7 Å². The molecule has 0 aliphatic heterocycles. The zero-order valence-corrected chi connectivity index (χ0v) is 12.0. The van der Waals surface area contributed by atoms with Gasteiger partial charge in [-0.1, -0.05) is 18.2 Å². The van der Waals surface area contributed by atoms with Crippen molar-refractivity contribution in [2.45, 2.75) is 43.5 Å². The van der Waals surface area contributed by atoms with E-state index >= 15 is 0 Å². The Kier molecular flexibility index (Phi) is 3.97. The van der Waals surface area contributed by atoms with Crippen molar-refractivity contribution in [2.24, 2.45) is 5.84 Å². The van der Waals surface area contributed by atoms with E-state index < -0.39 is 15.8 Å². The molecule has 3 nitrogen and oxygen atoms in total. The van der Waals surface area contributed by atoms with E-state index in [1.807, 2.05) is 20.8 Å². The zero-order valence-electron chi connectivity index (χ0n) is 10.5. The van der Waals surface area contributed by atoms with Crippen molar-refractivity contribution < 1.29 is 4.79 Å². The molecule has 5 heteroatoms. The molecule has 2 atom stereocenters. The van der Waals surface area contributed by atoms with Gasteiger partial charge in [0.1, 0.15) is 0 Å². The average molecular weight is 277 g/mol. The number of rotatable bonds is 1. The van der Waals surface area contributed by atoms with Gasteiger partial charge in [-0.05, 0) is 27.7 Å². The largest absolute Gasteiger partial charge is 0.271 e. The van der Waals surface area contributed by atoms with E-state index in [1.54, 1.807) is 25.2 Å². The quantitative estimate of drug-likeness (QED) is 0.346. The van der Waals surface area contributed by atoms with Gasteiger partial charge in [0.25, 0.3) is 5.91 Å². The minimum Gasteiger partial charge on any atom is -0.271 e. The summed E-state index contributed by atoms with van der Waals surface area (Å²) in [5, 5.41) is 0.593. The second-order valence-corrected chi connectivity index (χ2v) is 6.59. The third-order valence-corrected chi connectivity index (χ3v) is 3.80. The monoisotopic (exact) mass is 276 g/mol. The summed E-state index contributed by atoms with van der Waals surface area (Å²) in [4.78, 5) is 11.4. The van der Waals surface area contributed by atoms with Crippen LogP contribution >= 0.6 is 23.2 Å². The lowest BCUT2D eigenvalue weighted by atomic mass is 9.93. The Morgan fingerprint density at radius 3 is 2.53 bits per heavy atom. The number of hydrogen-bond donors (Lipinski definition) is 1. The summed E-state index contributed by atoms with van der Waals surface area (Å²) in [6.07, 6.45) is 5.16. The van der Waals surface area contributed by atoms with Crippen LogP contribution in [0, 0.1) is 0 Å². The fourth-order valence-corrected chi connectivity index (χ4v) is 1.87. The summed E-state index contributed by atoms with van der Waals surface area (Å²) in [5.41, 5.74) is -0.0395. The number of alkyl halides is 2. The Hall–Kier alpha value is -0.510. The van der Waals surface area contributed by atoms with Gasteiger partial charge in [0.15, 0.2) is 0 Å². The Balaban J connectivity index is 2.99. The molecule has 1 rings (SSSR count). The van der Waals surface area contributed by atoms with Gasteiger partial charge >= 0.3 is 0 Å². The molecule has 2 N–H and O–H groups in total. The highest BCUT2D eigenvalue weighted by atomic mass is 35.5. The predicted molar refractivity (Wildman–Crippen MR) is 71.9 cm³/mol. The number of carbonyl (C=O) groups is 1. The molecule has 0 bridgehead atoms. The summed E-state index contributed by atoms with van der Waals surface area (Å²) in [6, 6.07) is 0. The minimum atomic E-state index is -0.764. The molecule has 0 saturated heterocycles. The predicted octanol–water partition coefficient (Wildman–Crippen LogP) is 2.59. The number of allylic oxidation sites excluding steroid dienone is 3. The highest BCUT2D eigenvalue weighted by Crippen LogP contribution is 2.35. The normalized spacial score (nSPS) is 28.9. The molecule has 0 aromatic carbocycles. The lowest BCUT2D eigenvalue weighted by molar-refractivity contribution is -0.132. The SMILES string of the molecule is CC1(Cl)C=CC=C(C(=O)N(N)C(C)(C)C)C1Cl. The van der Waals surface area contributed by atoms with E-state index in [0.29, 0.717) is 5.57 Å². The third-order valence-electron chi connectivity index (χ3n) is 2.65. The average Bonchev–Trinajstić information content (AvgIpc) is 2.18.